The molecule has 0 fully saturated rings. The zero-order valence-corrected chi connectivity index (χ0v) is 17.3. The Balaban J connectivity index is -0.000000293. The molecule has 152 valence electrons. The predicted molar refractivity (Wildman–Crippen MR) is 101 cm³/mol. The van der Waals surface area contributed by atoms with Gasteiger partial charge in [-0.25, -0.2) is 0 Å². The lowest BCUT2D eigenvalue weighted by molar-refractivity contribution is -0.138. The van der Waals surface area contributed by atoms with Gasteiger partial charge < -0.3 is 20.4 Å². The summed E-state index contributed by atoms with van der Waals surface area (Å²) in [6.45, 7) is 15.9. The summed E-state index contributed by atoms with van der Waals surface area (Å²) in [5, 5.41) is 33.4. The molecule has 0 unspecified atom stereocenters. The van der Waals surface area contributed by atoms with Crippen LogP contribution in [0.2, 0.25) is 0 Å². The first-order valence-corrected chi connectivity index (χ1v) is 8.61. The molecular formula is C19H40O6. The van der Waals surface area contributed by atoms with Gasteiger partial charge in [0.1, 0.15) is 0 Å². The maximum Gasteiger partial charge on any atom is 0.303 e. The minimum absolute atomic E-state index is 0.0451. The van der Waals surface area contributed by atoms with Crippen molar-refractivity contribution >= 4 is 11.9 Å². The molecule has 0 atom stereocenters. The van der Waals surface area contributed by atoms with E-state index in [4.69, 9.17) is 20.4 Å². The minimum atomic E-state index is -0.704. The summed E-state index contributed by atoms with van der Waals surface area (Å²) in [5.41, 5.74) is -0.00319. The van der Waals surface area contributed by atoms with E-state index in [0.717, 1.165) is 12.8 Å². The van der Waals surface area contributed by atoms with Crippen molar-refractivity contribution in [2.24, 2.45) is 16.2 Å². The van der Waals surface area contributed by atoms with E-state index in [2.05, 4.69) is 0 Å². The number of hydrogen-bond acceptors (Lipinski definition) is 4. The van der Waals surface area contributed by atoms with E-state index < -0.39 is 11.9 Å². The molecular weight excluding hydrogens is 324 g/mol. The Hall–Kier alpha value is -1.14. The normalized spacial score (nSPS) is 11.6. The van der Waals surface area contributed by atoms with Gasteiger partial charge in [-0.3, -0.25) is 9.59 Å². The van der Waals surface area contributed by atoms with Crippen LogP contribution in [0.3, 0.4) is 0 Å². The van der Waals surface area contributed by atoms with Gasteiger partial charge in [0.15, 0.2) is 0 Å². The second kappa shape index (κ2) is 13.1. The number of hydrogen-bond donors (Lipinski definition) is 4. The number of aliphatic hydroxyl groups excluding tert-OH is 2. The van der Waals surface area contributed by atoms with E-state index in [1.54, 1.807) is 13.8 Å². The fraction of sp³-hybridized carbons (Fsp3) is 0.895. The summed E-state index contributed by atoms with van der Waals surface area (Å²) in [6, 6.07) is 0. The molecule has 0 aliphatic heterocycles. The third kappa shape index (κ3) is 35.0. The Bertz CT molecular complexity index is 327. The van der Waals surface area contributed by atoms with Crippen molar-refractivity contribution in [2.75, 3.05) is 13.2 Å². The van der Waals surface area contributed by atoms with Crippen LogP contribution in [-0.2, 0) is 9.59 Å². The Labute approximate surface area is 153 Å². The van der Waals surface area contributed by atoms with E-state index in [9.17, 15) is 9.59 Å². The monoisotopic (exact) mass is 364 g/mol. The van der Waals surface area contributed by atoms with Gasteiger partial charge in [-0.1, -0.05) is 55.4 Å². The van der Waals surface area contributed by atoms with Gasteiger partial charge in [0, 0.05) is 18.3 Å². The summed E-state index contributed by atoms with van der Waals surface area (Å²) in [4.78, 5) is 20.1. The van der Waals surface area contributed by atoms with Gasteiger partial charge in [-0.05, 0) is 23.7 Å². The van der Waals surface area contributed by atoms with Crippen LogP contribution in [0.15, 0.2) is 0 Å². The fourth-order valence-corrected chi connectivity index (χ4v) is 1.01. The topological polar surface area (TPSA) is 115 Å². The van der Waals surface area contributed by atoms with E-state index in [1.165, 1.54) is 0 Å². The van der Waals surface area contributed by atoms with Gasteiger partial charge in [0.2, 0.25) is 0 Å². The molecule has 0 radical (unpaired) electrons. The fourth-order valence-electron chi connectivity index (χ4n) is 1.01. The molecule has 0 heterocycles. The molecule has 0 aromatic carbocycles. The van der Waals surface area contributed by atoms with Crippen molar-refractivity contribution in [1.82, 2.24) is 0 Å². The van der Waals surface area contributed by atoms with Crippen molar-refractivity contribution in [3.63, 3.8) is 0 Å². The second-order valence-electron chi connectivity index (χ2n) is 9.39. The number of aliphatic carboxylic acids is 2. The first-order chi connectivity index (χ1) is 11.0. The Kier molecular flexibility index (Phi) is 15.0. The van der Waals surface area contributed by atoms with E-state index >= 15 is 0 Å². The zero-order valence-electron chi connectivity index (χ0n) is 17.3. The SMILES string of the molecule is CC(C)(C)CCC(=O)O.CC(C)(C)CCC(=O)O.CC(C)(CO)CO. The van der Waals surface area contributed by atoms with Crippen LogP contribution < -0.4 is 0 Å². The molecule has 0 spiro atoms. The van der Waals surface area contributed by atoms with Crippen LogP contribution in [0.25, 0.3) is 0 Å². The van der Waals surface area contributed by atoms with Crippen molar-refractivity contribution in [3.8, 4) is 0 Å². The molecule has 0 aliphatic rings. The number of carboxylic acids is 2. The average molecular weight is 365 g/mol. The highest BCUT2D eigenvalue weighted by molar-refractivity contribution is 5.66. The average Bonchev–Trinajstić information content (AvgIpc) is 2.43. The molecule has 0 rings (SSSR count). The maximum absolute atomic E-state index is 10.0. The predicted octanol–water partition coefficient (Wildman–Crippen LogP) is 3.79. The van der Waals surface area contributed by atoms with Gasteiger partial charge >= 0.3 is 11.9 Å². The Morgan fingerprint density at radius 2 is 0.880 bits per heavy atom. The standard InChI is InChI=1S/2C7H14O2.C5H12O2/c2*1-7(2,3)5-4-6(8)9;1-5(2,3-6)4-7/h2*4-5H2,1-3H3,(H,8,9);6-7H,3-4H2,1-2H3. The maximum atomic E-state index is 10.0. The highest BCUT2D eigenvalue weighted by Crippen LogP contribution is 2.20. The number of rotatable bonds is 6. The number of carbonyl (C=O) groups is 2. The van der Waals surface area contributed by atoms with Crippen molar-refractivity contribution in [3.05, 3.63) is 0 Å². The molecule has 0 amide bonds. The molecule has 0 aromatic heterocycles. The first kappa shape index (κ1) is 28.7. The summed E-state index contributed by atoms with van der Waals surface area (Å²) in [5.74, 6) is -1.41. The van der Waals surface area contributed by atoms with Crippen molar-refractivity contribution in [2.45, 2.75) is 81.1 Å². The van der Waals surface area contributed by atoms with Gasteiger partial charge in [0.05, 0.1) is 13.2 Å². The van der Waals surface area contributed by atoms with E-state index in [-0.39, 0.29) is 42.3 Å². The lowest BCUT2D eigenvalue weighted by atomic mass is 9.91. The lowest BCUT2D eigenvalue weighted by Crippen LogP contribution is -2.20. The third-order valence-electron chi connectivity index (χ3n) is 3.03. The van der Waals surface area contributed by atoms with E-state index in [0.29, 0.717) is 0 Å². The number of aliphatic hydroxyl groups is 2. The van der Waals surface area contributed by atoms with Crippen LogP contribution in [0, 0.1) is 16.2 Å². The first-order valence-electron chi connectivity index (χ1n) is 8.61. The molecule has 4 N–H and O–H groups in total. The highest BCUT2D eigenvalue weighted by Gasteiger charge is 2.13. The smallest absolute Gasteiger partial charge is 0.303 e. The summed E-state index contributed by atoms with van der Waals surface area (Å²) in [7, 11) is 0. The van der Waals surface area contributed by atoms with Crippen molar-refractivity contribution < 1.29 is 30.0 Å². The molecule has 0 aromatic rings. The largest absolute Gasteiger partial charge is 0.481 e. The quantitative estimate of drug-likeness (QED) is 0.570. The van der Waals surface area contributed by atoms with Crippen LogP contribution in [0.1, 0.15) is 81.1 Å². The molecule has 6 nitrogen and oxygen atoms in total. The molecule has 0 aliphatic carbocycles. The van der Waals surface area contributed by atoms with Crippen LogP contribution >= 0.6 is 0 Å². The molecule has 0 saturated carbocycles. The lowest BCUT2D eigenvalue weighted by Gasteiger charge is -2.16. The molecule has 0 saturated heterocycles. The van der Waals surface area contributed by atoms with Gasteiger partial charge in [-0.15, -0.1) is 0 Å². The zero-order chi connectivity index (χ0) is 20.9. The Morgan fingerprint density at radius 3 is 0.920 bits per heavy atom. The van der Waals surface area contributed by atoms with Crippen molar-refractivity contribution in [1.29, 1.82) is 0 Å². The van der Waals surface area contributed by atoms with Crippen LogP contribution in [-0.4, -0.2) is 45.6 Å². The summed E-state index contributed by atoms with van der Waals surface area (Å²) >= 11 is 0. The minimum Gasteiger partial charge on any atom is -0.481 e. The molecule has 0 bridgehead atoms. The van der Waals surface area contributed by atoms with E-state index in [1.807, 2.05) is 41.5 Å². The summed E-state index contributed by atoms with van der Waals surface area (Å²) < 4.78 is 0. The van der Waals surface area contributed by atoms with Gasteiger partial charge in [-0.2, -0.15) is 0 Å². The highest BCUT2D eigenvalue weighted by atomic mass is 16.4. The molecule has 6 heteroatoms. The summed E-state index contributed by atoms with van der Waals surface area (Å²) in [6.07, 6.45) is 2.07. The Morgan fingerprint density at radius 1 is 0.640 bits per heavy atom. The second-order valence-corrected chi connectivity index (χ2v) is 9.39. The molecule has 25 heavy (non-hydrogen) atoms. The third-order valence-corrected chi connectivity index (χ3v) is 3.03. The van der Waals surface area contributed by atoms with Crippen LogP contribution in [0.4, 0.5) is 0 Å². The van der Waals surface area contributed by atoms with Crippen LogP contribution in [0.5, 0.6) is 0 Å². The van der Waals surface area contributed by atoms with Gasteiger partial charge in [0.25, 0.3) is 0 Å². The number of carboxylic acid groups (broad SMARTS) is 2.